The van der Waals surface area contributed by atoms with Gasteiger partial charge in [-0.1, -0.05) is 13.0 Å². The minimum absolute atomic E-state index is 0.0454. The first kappa shape index (κ1) is 18.4. The Hall–Kier alpha value is -1.92. The van der Waals surface area contributed by atoms with Gasteiger partial charge in [-0.05, 0) is 62.2 Å². The zero-order valence-corrected chi connectivity index (χ0v) is 16.8. The minimum atomic E-state index is -0.149. The Morgan fingerprint density at radius 3 is 2.78 bits per heavy atom. The lowest BCUT2D eigenvalue weighted by atomic mass is 9.87. The van der Waals surface area contributed by atoms with Gasteiger partial charge in [0.1, 0.15) is 11.8 Å². The van der Waals surface area contributed by atoms with E-state index in [2.05, 4.69) is 24.9 Å². The van der Waals surface area contributed by atoms with Crippen molar-refractivity contribution in [2.75, 3.05) is 13.6 Å². The van der Waals surface area contributed by atoms with E-state index in [1.807, 2.05) is 23.6 Å². The summed E-state index contributed by atoms with van der Waals surface area (Å²) < 4.78 is 5.62. The highest BCUT2D eigenvalue weighted by molar-refractivity contribution is 7.12. The topological polar surface area (TPSA) is 49.1 Å². The van der Waals surface area contributed by atoms with Crippen molar-refractivity contribution in [2.24, 2.45) is 11.0 Å². The number of furan rings is 1. The van der Waals surface area contributed by atoms with Gasteiger partial charge in [-0.2, -0.15) is 5.10 Å². The normalized spacial score (nSPS) is 25.8. The second-order valence-electron chi connectivity index (χ2n) is 7.83. The zero-order chi connectivity index (χ0) is 18.8. The second kappa shape index (κ2) is 7.98. The van der Waals surface area contributed by atoms with Crippen molar-refractivity contribution in [3.05, 3.63) is 46.5 Å². The molecule has 1 aliphatic carbocycles. The third-order valence-electron chi connectivity index (χ3n) is 5.84. The molecule has 2 aromatic heterocycles. The molecule has 144 valence electrons. The van der Waals surface area contributed by atoms with Crippen LogP contribution in [0.3, 0.4) is 0 Å². The number of rotatable bonds is 5. The van der Waals surface area contributed by atoms with Crippen molar-refractivity contribution in [3.8, 4) is 0 Å². The van der Waals surface area contributed by atoms with Crippen molar-refractivity contribution in [1.29, 1.82) is 0 Å². The standard InChI is InChI=1S/C21H27N3O2S/c1-15-7-9-16(10-8-15)23(2)14-21(25)24-18(19-5-3-11-26-19)13-17(22-24)20-6-4-12-27-20/h3-6,11-12,15-16,18H,7-10,13-14H2,1-2H3/t15?,16?,18-/m1/s1. The third-order valence-corrected chi connectivity index (χ3v) is 6.76. The Morgan fingerprint density at radius 2 is 2.11 bits per heavy atom. The third kappa shape index (κ3) is 4.01. The van der Waals surface area contributed by atoms with Crippen molar-refractivity contribution < 1.29 is 9.21 Å². The summed E-state index contributed by atoms with van der Waals surface area (Å²) in [4.78, 5) is 16.5. The first-order valence-corrected chi connectivity index (χ1v) is 10.7. The van der Waals surface area contributed by atoms with E-state index in [1.165, 1.54) is 25.7 Å². The molecule has 0 aromatic carbocycles. The molecule has 3 heterocycles. The fraction of sp³-hybridized carbons (Fsp3) is 0.524. The average Bonchev–Trinajstić information content (AvgIpc) is 3.41. The summed E-state index contributed by atoms with van der Waals surface area (Å²) in [5, 5.41) is 8.39. The van der Waals surface area contributed by atoms with E-state index in [0.717, 1.165) is 22.3 Å². The Kier molecular flexibility index (Phi) is 5.45. The van der Waals surface area contributed by atoms with Crippen molar-refractivity contribution in [2.45, 2.75) is 51.1 Å². The summed E-state index contributed by atoms with van der Waals surface area (Å²) in [5.74, 6) is 1.65. The molecule has 2 aliphatic rings. The number of hydrogen-bond donors (Lipinski definition) is 0. The largest absolute Gasteiger partial charge is 0.467 e. The molecule has 0 unspecified atom stereocenters. The van der Waals surface area contributed by atoms with Crippen LogP contribution in [0.4, 0.5) is 0 Å². The molecule has 0 N–H and O–H groups in total. The molecular formula is C21H27N3O2S. The molecule has 1 atom stereocenters. The maximum Gasteiger partial charge on any atom is 0.257 e. The summed E-state index contributed by atoms with van der Waals surface area (Å²) in [5.41, 5.74) is 0.967. The number of likely N-dealkylation sites (N-methyl/N-ethyl adjacent to an activating group) is 1. The first-order valence-electron chi connectivity index (χ1n) is 9.79. The van der Waals surface area contributed by atoms with Gasteiger partial charge >= 0.3 is 0 Å². The van der Waals surface area contributed by atoms with Crippen LogP contribution in [-0.4, -0.2) is 41.2 Å². The van der Waals surface area contributed by atoms with E-state index in [0.29, 0.717) is 19.0 Å². The van der Waals surface area contributed by atoms with Crippen LogP contribution in [-0.2, 0) is 4.79 Å². The molecule has 4 rings (SSSR count). The summed E-state index contributed by atoms with van der Waals surface area (Å²) >= 11 is 1.66. The van der Waals surface area contributed by atoms with Crippen LogP contribution >= 0.6 is 11.3 Å². The van der Waals surface area contributed by atoms with Gasteiger partial charge in [-0.25, -0.2) is 5.01 Å². The lowest BCUT2D eigenvalue weighted by Crippen LogP contribution is -2.42. The molecule has 1 amide bonds. The summed E-state index contributed by atoms with van der Waals surface area (Å²) in [7, 11) is 2.07. The van der Waals surface area contributed by atoms with Crippen LogP contribution in [0, 0.1) is 5.92 Å². The van der Waals surface area contributed by atoms with E-state index in [1.54, 1.807) is 22.6 Å². The van der Waals surface area contributed by atoms with Gasteiger partial charge in [0, 0.05) is 12.5 Å². The lowest BCUT2D eigenvalue weighted by molar-refractivity contribution is -0.135. The molecule has 27 heavy (non-hydrogen) atoms. The highest BCUT2D eigenvalue weighted by Crippen LogP contribution is 2.34. The maximum atomic E-state index is 13.1. The zero-order valence-electron chi connectivity index (χ0n) is 16.0. The summed E-state index contributed by atoms with van der Waals surface area (Å²) in [6, 6.07) is 8.24. The molecule has 0 spiro atoms. The van der Waals surface area contributed by atoms with E-state index in [-0.39, 0.29) is 11.9 Å². The number of nitrogens with zero attached hydrogens (tertiary/aromatic N) is 3. The summed E-state index contributed by atoms with van der Waals surface area (Å²) in [6.07, 6.45) is 7.22. The Labute approximate surface area is 164 Å². The van der Waals surface area contributed by atoms with Crippen molar-refractivity contribution in [1.82, 2.24) is 9.91 Å². The SMILES string of the molecule is CC1CCC(N(C)CC(=O)N2N=C(c3cccs3)C[C@@H]2c2ccco2)CC1. The number of amides is 1. The molecular weight excluding hydrogens is 358 g/mol. The highest BCUT2D eigenvalue weighted by Gasteiger charge is 2.36. The first-order chi connectivity index (χ1) is 13.1. The minimum Gasteiger partial charge on any atom is -0.467 e. The predicted octanol–water partition coefficient (Wildman–Crippen LogP) is 4.53. The van der Waals surface area contributed by atoms with Crippen LogP contribution in [0.2, 0.25) is 0 Å². The number of hydrazone groups is 1. The van der Waals surface area contributed by atoms with E-state index in [4.69, 9.17) is 9.52 Å². The van der Waals surface area contributed by atoms with Gasteiger partial charge in [0.25, 0.3) is 5.91 Å². The van der Waals surface area contributed by atoms with Gasteiger partial charge in [0.15, 0.2) is 0 Å². The van der Waals surface area contributed by atoms with Gasteiger partial charge in [0.05, 0.1) is 23.4 Å². The van der Waals surface area contributed by atoms with Gasteiger partial charge in [-0.3, -0.25) is 9.69 Å². The van der Waals surface area contributed by atoms with Crippen LogP contribution in [0.5, 0.6) is 0 Å². The number of carbonyl (C=O) groups excluding carboxylic acids is 1. The smallest absolute Gasteiger partial charge is 0.257 e. The molecule has 0 bridgehead atoms. The van der Waals surface area contributed by atoms with Crippen LogP contribution in [0.1, 0.15) is 55.7 Å². The Morgan fingerprint density at radius 1 is 1.30 bits per heavy atom. The predicted molar refractivity (Wildman–Crippen MR) is 108 cm³/mol. The number of carbonyl (C=O) groups is 1. The molecule has 6 heteroatoms. The molecule has 1 fully saturated rings. The fourth-order valence-corrected chi connectivity index (χ4v) is 4.85. The van der Waals surface area contributed by atoms with Crippen molar-refractivity contribution >= 4 is 23.0 Å². The Balaban J connectivity index is 1.49. The van der Waals surface area contributed by atoms with Crippen molar-refractivity contribution in [3.63, 3.8) is 0 Å². The molecule has 2 aromatic rings. The van der Waals surface area contributed by atoms with E-state index >= 15 is 0 Å². The molecule has 0 radical (unpaired) electrons. The van der Waals surface area contributed by atoms with Gasteiger partial charge in [0.2, 0.25) is 0 Å². The lowest BCUT2D eigenvalue weighted by Gasteiger charge is -2.34. The molecule has 1 aliphatic heterocycles. The van der Waals surface area contributed by atoms with Crippen LogP contribution in [0.25, 0.3) is 0 Å². The number of hydrogen-bond acceptors (Lipinski definition) is 5. The van der Waals surface area contributed by atoms with E-state index < -0.39 is 0 Å². The average molecular weight is 386 g/mol. The molecule has 0 saturated heterocycles. The maximum absolute atomic E-state index is 13.1. The van der Waals surface area contributed by atoms with Gasteiger partial charge in [-0.15, -0.1) is 11.3 Å². The summed E-state index contributed by atoms with van der Waals surface area (Å²) in [6.45, 7) is 2.72. The molecule has 1 saturated carbocycles. The van der Waals surface area contributed by atoms with E-state index in [9.17, 15) is 4.79 Å². The fourth-order valence-electron chi connectivity index (χ4n) is 4.13. The van der Waals surface area contributed by atoms with Crippen LogP contribution < -0.4 is 0 Å². The van der Waals surface area contributed by atoms with Crippen LogP contribution in [0.15, 0.2) is 45.4 Å². The molecule has 5 nitrogen and oxygen atoms in total. The Bertz CT molecular complexity index is 776. The monoisotopic (exact) mass is 385 g/mol. The second-order valence-corrected chi connectivity index (χ2v) is 8.77. The van der Waals surface area contributed by atoms with Gasteiger partial charge < -0.3 is 4.42 Å². The quantitative estimate of drug-likeness (QED) is 0.760. The number of thiophene rings is 1. The highest BCUT2D eigenvalue weighted by atomic mass is 32.1.